The number of hydrogen-bond donors (Lipinski definition) is 0. The average Bonchev–Trinajstić information content (AvgIpc) is 2.47. The summed E-state index contributed by atoms with van der Waals surface area (Å²) in [5.41, 5.74) is 1.13. The Morgan fingerprint density at radius 1 is 1.24 bits per heavy atom. The highest BCUT2D eigenvalue weighted by Gasteiger charge is 2.17. The zero-order valence-corrected chi connectivity index (χ0v) is 11.9. The standard InChI is InChI=1S/C14H13ClF2N2O2/c1-20-13-7-9(18-8-19-13)6-11(15)10-4-2-3-5-12(10)21-14(16)17/h2-5,7-8,11,14H,6H2,1H3. The largest absolute Gasteiger partial charge is 0.481 e. The highest BCUT2D eigenvalue weighted by molar-refractivity contribution is 6.21. The predicted molar refractivity (Wildman–Crippen MR) is 74.0 cm³/mol. The summed E-state index contributed by atoms with van der Waals surface area (Å²) in [5.74, 6) is 0.481. The number of aromatic nitrogens is 2. The third-order valence-corrected chi connectivity index (χ3v) is 3.16. The van der Waals surface area contributed by atoms with Gasteiger partial charge in [-0.2, -0.15) is 8.78 Å². The van der Waals surface area contributed by atoms with Crippen LogP contribution in [0.1, 0.15) is 16.6 Å². The van der Waals surface area contributed by atoms with E-state index in [-0.39, 0.29) is 5.75 Å². The minimum atomic E-state index is -2.89. The summed E-state index contributed by atoms with van der Waals surface area (Å²) in [5, 5.41) is -0.556. The van der Waals surface area contributed by atoms with Crippen LogP contribution in [-0.2, 0) is 6.42 Å². The van der Waals surface area contributed by atoms with Crippen molar-refractivity contribution in [2.45, 2.75) is 18.4 Å². The van der Waals surface area contributed by atoms with Crippen molar-refractivity contribution in [1.82, 2.24) is 9.97 Å². The number of halogens is 3. The molecule has 1 atom stereocenters. The molecule has 1 aromatic carbocycles. The maximum absolute atomic E-state index is 12.4. The van der Waals surface area contributed by atoms with Crippen LogP contribution in [-0.4, -0.2) is 23.7 Å². The third-order valence-electron chi connectivity index (χ3n) is 2.77. The van der Waals surface area contributed by atoms with Crippen LogP contribution in [0.25, 0.3) is 0 Å². The van der Waals surface area contributed by atoms with E-state index < -0.39 is 12.0 Å². The fourth-order valence-corrected chi connectivity index (χ4v) is 2.17. The van der Waals surface area contributed by atoms with E-state index in [1.165, 1.54) is 19.5 Å². The van der Waals surface area contributed by atoms with Gasteiger partial charge in [0.25, 0.3) is 0 Å². The minimum Gasteiger partial charge on any atom is -0.481 e. The second kappa shape index (κ2) is 7.17. The zero-order chi connectivity index (χ0) is 15.2. The van der Waals surface area contributed by atoms with Crippen LogP contribution >= 0.6 is 11.6 Å². The molecule has 0 saturated heterocycles. The molecule has 7 heteroatoms. The van der Waals surface area contributed by atoms with Crippen molar-refractivity contribution < 1.29 is 18.3 Å². The van der Waals surface area contributed by atoms with Crippen LogP contribution in [0.5, 0.6) is 11.6 Å². The number of nitrogens with zero attached hydrogens (tertiary/aromatic N) is 2. The molecule has 0 radical (unpaired) electrons. The zero-order valence-electron chi connectivity index (χ0n) is 11.2. The first-order valence-electron chi connectivity index (χ1n) is 6.13. The average molecular weight is 315 g/mol. The lowest BCUT2D eigenvalue weighted by molar-refractivity contribution is -0.0504. The van der Waals surface area contributed by atoms with Gasteiger partial charge in [0.2, 0.25) is 5.88 Å². The van der Waals surface area contributed by atoms with Gasteiger partial charge < -0.3 is 9.47 Å². The van der Waals surface area contributed by atoms with Gasteiger partial charge in [0.05, 0.1) is 12.5 Å². The molecular formula is C14H13ClF2N2O2. The highest BCUT2D eigenvalue weighted by atomic mass is 35.5. The second-order valence-electron chi connectivity index (χ2n) is 4.14. The highest BCUT2D eigenvalue weighted by Crippen LogP contribution is 2.33. The maximum Gasteiger partial charge on any atom is 0.387 e. The second-order valence-corrected chi connectivity index (χ2v) is 4.67. The Hall–Kier alpha value is -1.95. The van der Waals surface area contributed by atoms with Crippen LogP contribution in [0.4, 0.5) is 8.78 Å². The van der Waals surface area contributed by atoms with E-state index >= 15 is 0 Å². The molecule has 1 unspecified atom stereocenters. The van der Waals surface area contributed by atoms with Crippen molar-refractivity contribution in [3.8, 4) is 11.6 Å². The summed E-state index contributed by atoms with van der Waals surface area (Å²) in [4.78, 5) is 7.97. The van der Waals surface area contributed by atoms with Crippen LogP contribution in [0.3, 0.4) is 0 Å². The first-order valence-corrected chi connectivity index (χ1v) is 6.56. The van der Waals surface area contributed by atoms with Gasteiger partial charge in [0, 0.05) is 23.7 Å². The van der Waals surface area contributed by atoms with Gasteiger partial charge in [0.15, 0.2) is 0 Å². The molecule has 112 valence electrons. The van der Waals surface area contributed by atoms with E-state index in [1.54, 1.807) is 24.3 Å². The molecule has 2 rings (SSSR count). The lowest BCUT2D eigenvalue weighted by atomic mass is 10.1. The topological polar surface area (TPSA) is 44.2 Å². The Balaban J connectivity index is 2.17. The first kappa shape index (κ1) is 15.4. The fourth-order valence-electron chi connectivity index (χ4n) is 1.84. The molecule has 1 heterocycles. The van der Waals surface area contributed by atoms with E-state index in [0.717, 1.165) is 0 Å². The Morgan fingerprint density at radius 2 is 2.00 bits per heavy atom. The van der Waals surface area contributed by atoms with Gasteiger partial charge in [-0.3, -0.25) is 0 Å². The van der Waals surface area contributed by atoms with E-state index in [0.29, 0.717) is 23.6 Å². The van der Waals surface area contributed by atoms with Crippen molar-refractivity contribution in [2.24, 2.45) is 0 Å². The lowest BCUT2D eigenvalue weighted by Crippen LogP contribution is -2.07. The van der Waals surface area contributed by atoms with Crippen molar-refractivity contribution in [2.75, 3.05) is 7.11 Å². The Labute approximate surface area is 125 Å². The number of rotatable bonds is 6. The van der Waals surface area contributed by atoms with E-state index in [9.17, 15) is 8.78 Å². The number of hydrogen-bond acceptors (Lipinski definition) is 4. The summed E-state index contributed by atoms with van der Waals surface area (Å²) in [6.07, 6.45) is 1.70. The molecule has 2 aromatic rings. The van der Waals surface area contributed by atoms with Crippen LogP contribution in [0.15, 0.2) is 36.7 Å². The number of alkyl halides is 3. The first-order chi connectivity index (χ1) is 10.1. The van der Waals surface area contributed by atoms with E-state index in [1.807, 2.05) is 0 Å². The Bertz CT molecular complexity index is 599. The molecule has 0 bridgehead atoms. The SMILES string of the molecule is COc1cc(CC(Cl)c2ccccc2OC(F)F)ncn1. The van der Waals surface area contributed by atoms with Gasteiger partial charge in [-0.1, -0.05) is 18.2 Å². The smallest absolute Gasteiger partial charge is 0.387 e. The van der Waals surface area contributed by atoms with Crippen LogP contribution in [0.2, 0.25) is 0 Å². The Morgan fingerprint density at radius 3 is 2.71 bits per heavy atom. The van der Waals surface area contributed by atoms with E-state index in [2.05, 4.69) is 14.7 Å². The summed E-state index contributed by atoms with van der Waals surface area (Å²) in [6.45, 7) is -2.89. The summed E-state index contributed by atoms with van der Waals surface area (Å²) in [6, 6.07) is 8.07. The molecule has 0 N–H and O–H groups in total. The van der Waals surface area contributed by atoms with E-state index in [4.69, 9.17) is 16.3 Å². The van der Waals surface area contributed by atoms with Gasteiger partial charge in [-0.15, -0.1) is 11.6 Å². The van der Waals surface area contributed by atoms with Crippen LogP contribution < -0.4 is 9.47 Å². The number of methoxy groups -OCH3 is 1. The summed E-state index contributed by atoms with van der Waals surface area (Å²) >= 11 is 6.30. The summed E-state index contributed by atoms with van der Waals surface area (Å²) < 4.78 is 34.2. The Kier molecular flexibility index (Phi) is 5.27. The molecular weight excluding hydrogens is 302 g/mol. The molecule has 0 amide bonds. The molecule has 0 aliphatic heterocycles. The molecule has 0 fully saturated rings. The monoisotopic (exact) mass is 314 g/mol. The van der Waals surface area contributed by atoms with Crippen molar-refractivity contribution >= 4 is 11.6 Å². The third kappa shape index (κ3) is 4.26. The number of para-hydroxylation sites is 1. The minimum absolute atomic E-state index is 0.0634. The molecule has 0 aliphatic rings. The normalized spacial score (nSPS) is 12.2. The quantitative estimate of drug-likeness (QED) is 0.764. The summed E-state index contributed by atoms with van der Waals surface area (Å²) in [7, 11) is 1.50. The van der Waals surface area contributed by atoms with Crippen molar-refractivity contribution in [1.29, 1.82) is 0 Å². The van der Waals surface area contributed by atoms with Gasteiger partial charge >= 0.3 is 6.61 Å². The van der Waals surface area contributed by atoms with Gasteiger partial charge in [0.1, 0.15) is 12.1 Å². The van der Waals surface area contributed by atoms with Crippen molar-refractivity contribution in [3.63, 3.8) is 0 Å². The van der Waals surface area contributed by atoms with Gasteiger partial charge in [-0.25, -0.2) is 9.97 Å². The lowest BCUT2D eigenvalue weighted by Gasteiger charge is -2.15. The van der Waals surface area contributed by atoms with Gasteiger partial charge in [-0.05, 0) is 6.07 Å². The molecule has 21 heavy (non-hydrogen) atoms. The molecule has 4 nitrogen and oxygen atoms in total. The number of ether oxygens (including phenoxy) is 2. The molecule has 1 aromatic heterocycles. The van der Waals surface area contributed by atoms with Crippen molar-refractivity contribution in [3.05, 3.63) is 47.9 Å². The van der Waals surface area contributed by atoms with Crippen LogP contribution in [0, 0.1) is 0 Å². The predicted octanol–water partition coefficient (Wildman–Crippen LogP) is 3.61. The maximum atomic E-state index is 12.4. The number of benzene rings is 1. The molecule has 0 saturated carbocycles. The molecule has 0 aliphatic carbocycles. The fraction of sp³-hybridized carbons (Fsp3) is 0.286. The molecule has 0 spiro atoms.